The van der Waals surface area contributed by atoms with E-state index in [0.717, 1.165) is 23.1 Å². The van der Waals surface area contributed by atoms with Crippen LogP contribution in [0.4, 0.5) is 5.13 Å². The number of aromatic nitrogens is 3. The summed E-state index contributed by atoms with van der Waals surface area (Å²) in [6, 6.07) is 5.70. The van der Waals surface area contributed by atoms with Crippen molar-refractivity contribution >= 4 is 16.7 Å². The van der Waals surface area contributed by atoms with Gasteiger partial charge in [-0.3, -0.25) is 0 Å². The van der Waals surface area contributed by atoms with Gasteiger partial charge in [0, 0.05) is 24.0 Å². The van der Waals surface area contributed by atoms with E-state index in [0.29, 0.717) is 18.3 Å². The Hall–Kier alpha value is -1.69. The first kappa shape index (κ1) is 13.7. The highest BCUT2D eigenvalue weighted by atomic mass is 32.1. The molecular formula is C13H18N4OS. The Bertz CT molecular complexity index is 527. The molecule has 2 aromatic rings. The van der Waals surface area contributed by atoms with Crippen molar-refractivity contribution < 1.29 is 4.74 Å². The Morgan fingerprint density at radius 1 is 1.32 bits per heavy atom. The Morgan fingerprint density at radius 3 is 2.89 bits per heavy atom. The van der Waals surface area contributed by atoms with Gasteiger partial charge in [0.15, 0.2) is 0 Å². The molecule has 1 N–H and O–H groups in total. The van der Waals surface area contributed by atoms with Gasteiger partial charge in [-0.2, -0.15) is 4.37 Å². The molecule has 2 heterocycles. The van der Waals surface area contributed by atoms with Gasteiger partial charge in [-0.25, -0.2) is 9.97 Å². The van der Waals surface area contributed by atoms with Crippen LogP contribution in [0.15, 0.2) is 18.2 Å². The van der Waals surface area contributed by atoms with Gasteiger partial charge in [0.25, 0.3) is 0 Å². The van der Waals surface area contributed by atoms with Crippen LogP contribution in [0.25, 0.3) is 0 Å². The summed E-state index contributed by atoms with van der Waals surface area (Å²) in [7, 11) is 1.61. The number of hydrogen-bond acceptors (Lipinski definition) is 6. The van der Waals surface area contributed by atoms with Gasteiger partial charge < -0.3 is 10.1 Å². The van der Waals surface area contributed by atoms with Crippen LogP contribution >= 0.6 is 11.5 Å². The highest BCUT2D eigenvalue weighted by Gasteiger charge is 2.06. The third kappa shape index (κ3) is 4.17. The smallest absolute Gasteiger partial charge is 0.213 e. The number of ether oxygens (including phenoxy) is 1. The molecule has 0 aliphatic rings. The molecule has 5 nitrogen and oxygen atoms in total. The first-order valence-electron chi connectivity index (χ1n) is 6.23. The Morgan fingerprint density at radius 2 is 2.16 bits per heavy atom. The van der Waals surface area contributed by atoms with Crippen molar-refractivity contribution in [3.63, 3.8) is 0 Å². The summed E-state index contributed by atoms with van der Waals surface area (Å²) in [5.41, 5.74) is 0.917. The van der Waals surface area contributed by atoms with Crippen LogP contribution in [-0.4, -0.2) is 21.5 Å². The van der Waals surface area contributed by atoms with E-state index in [2.05, 4.69) is 33.5 Å². The van der Waals surface area contributed by atoms with Crippen molar-refractivity contribution in [1.82, 2.24) is 14.3 Å². The van der Waals surface area contributed by atoms with E-state index in [1.165, 1.54) is 11.5 Å². The molecule has 0 fully saturated rings. The molecule has 0 aromatic carbocycles. The van der Waals surface area contributed by atoms with Crippen LogP contribution in [0.3, 0.4) is 0 Å². The topological polar surface area (TPSA) is 59.9 Å². The number of pyridine rings is 1. The fourth-order valence-electron chi connectivity index (χ4n) is 1.61. The van der Waals surface area contributed by atoms with Gasteiger partial charge in [-0.1, -0.05) is 19.9 Å². The Labute approximate surface area is 117 Å². The third-order valence-electron chi connectivity index (χ3n) is 2.47. The van der Waals surface area contributed by atoms with Crippen LogP contribution in [-0.2, 0) is 13.0 Å². The molecule has 19 heavy (non-hydrogen) atoms. The van der Waals surface area contributed by atoms with E-state index in [9.17, 15) is 0 Å². The molecule has 0 unspecified atom stereocenters. The van der Waals surface area contributed by atoms with Crippen molar-refractivity contribution in [2.45, 2.75) is 26.8 Å². The normalized spacial score (nSPS) is 10.7. The van der Waals surface area contributed by atoms with Gasteiger partial charge in [0.2, 0.25) is 11.0 Å². The quantitative estimate of drug-likeness (QED) is 0.880. The summed E-state index contributed by atoms with van der Waals surface area (Å²) in [5.74, 6) is 2.10. The molecule has 0 amide bonds. The number of nitrogens with one attached hydrogen (secondary N) is 1. The molecule has 0 spiro atoms. The molecule has 0 aliphatic heterocycles. The van der Waals surface area contributed by atoms with Crippen LogP contribution in [0.5, 0.6) is 5.88 Å². The minimum Gasteiger partial charge on any atom is -0.481 e. The highest BCUT2D eigenvalue weighted by Crippen LogP contribution is 2.15. The van der Waals surface area contributed by atoms with E-state index in [4.69, 9.17) is 4.74 Å². The summed E-state index contributed by atoms with van der Waals surface area (Å²) in [4.78, 5) is 8.78. The average Bonchev–Trinajstić information content (AvgIpc) is 2.83. The zero-order chi connectivity index (χ0) is 13.7. The minimum atomic E-state index is 0.572. The monoisotopic (exact) mass is 278 g/mol. The molecule has 0 radical (unpaired) electrons. The number of hydrogen-bond donors (Lipinski definition) is 1. The van der Waals surface area contributed by atoms with Crippen molar-refractivity contribution in [2.24, 2.45) is 5.92 Å². The maximum absolute atomic E-state index is 5.09. The van der Waals surface area contributed by atoms with Crippen molar-refractivity contribution in [2.75, 3.05) is 12.4 Å². The first-order valence-corrected chi connectivity index (χ1v) is 7.01. The van der Waals surface area contributed by atoms with Gasteiger partial charge in [-0.15, -0.1) is 0 Å². The first-order chi connectivity index (χ1) is 9.17. The lowest BCUT2D eigenvalue weighted by atomic mass is 10.1. The van der Waals surface area contributed by atoms with E-state index in [1.54, 1.807) is 7.11 Å². The van der Waals surface area contributed by atoms with Crippen molar-refractivity contribution in [1.29, 1.82) is 0 Å². The summed E-state index contributed by atoms with van der Waals surface area (Å²) in [6.07, 6.45) is 0.912. The minimum absolute atomic E-state index is 0.572. The van der Waals surface area contributed by atoms with Crippen molar-refractivity contribution in [3.8, 4) is 5.88 Å². The number of anilines is 1. The molecule has 102 valence electrons. The zero-order valence-corrected chi connectivity index (χ0v) is 12.2. The lowest BCUT2D eigenvalue weighted by molar-refractivity contribution is 0.396. The molecule has 0 bridgehead atoms. The van der Waals surface area contributed by atoms with E-state index < -0.39 is 0 Å². The van der Waals surface area contributed by atoms with E-state index in [1.807, 2.05) is 18.2 Å². The second kappa shape index (κ2) is 6.47. The summed E-state index contributed by atoms with van der Waals surface area (Å²) in [6.45, 7) is 4.94. The molecule has 6 heteroatoms. The van der Waals surface area contributed by atoms with Gasteiger partial charge in [0.1, 0.15) is 5.82 Å². The summed E-state index contributed by atoms with van der Waals surface area (Å²) in [5, 5.41) is 4.07. The average molecular weight is 278 g/mol. The number of methoxy groups -OCH3 is 1. The number of rotatable bonds is 6. The summed E-state index contributed by atoms with van der Waals surface area (Å²) < 4.78 is 9.42. The van der Waals surface area contributed by atoms with Crippen LogP contribution in [0, 0.1) is 5.92 Å². The third-order valence-corrected chi connectivity index (χ3v) is 3.18. The van der Waals surface area contributed by atoms with Crippen LogP contribution < -0.4 is 10.1 Å². The standard InChI is InChI=1S/C13H18N4OS/c1-9(2)7-11-16-13(19-17-11)14-8-10-5-4-6-12(15-10)18-3/h4-6,9H,7-8H2,1-3H3,(H,14,16,17). The van der Waals surface area contributed by atoms with Gasteiger partial charge in [0.05, 0.1) is 19.3 Å². The molecule has 0 atom stereocenters. The maximum atomic E-state index is 5.09. The Balaban J connectivity index is 1.92. The van der Waals surface area contributed by atoms with E-state index >= 15 is 0 Å². The molecular weight excluding hydrogens is 260 g/mol. The number of nitrogens with zero attached hydrogens (tertiary/aromatic N) is 3. The van der Waals surface area contributed by atoms with E-state index in [-0.39, 0.29) is 0 Å². The molecule has 2 aromatic heterocycles. The van der Waals surface area contributed by atoms with Gasteiger partial charge >= 0.3 is 0 Å². The summed E-state index contributed by atoms with van der Waals surface area (Å²) >= 11 is 1.39. The zero-order valence-electron chi connectivity index (χ0n) is 11.4. The molecule has 2 rings (SSSR count). The predicted molar refractivity (Wildman–Crippen MR) is 76.6 cm³/mol. The maximum Gasteiger partial charge on any atom is 0.213 e. The highest BCUT2D eigenvalue weighted by molar-refractivity contribution is 7.09. The predicted octanol–water partition coefficient (Wildman–Crippen LogP) is 2.75. The van der Waals surface area contributed by atoms with Crippen LogP contribution in [0.2, 0.25) is 0 Å². The van der Waals surface area contributed by atoms with Crippen molar-refractivity contribution in [3.05, 3.63) is 29.7 Å². The molecule has 0 aliphatic carbocycles. The van der Waals surface area contributed by atoms with Crippen LogP contribution in [0.1, 0.15) is 25.4 Å². The Kier molecular flexibility index (Phi) is 4.68. The lowest BCUT2D eigenvalue weighted by Gasteiger charge is -2.03. The fourth-order valence-corrected chi connectivity index (χ4v) is 2.20. The molecule has 0 saturated carbocycles. The largest absolute Gasteiger partial charge is 0.481 e. The second-order valence-electron chi connectivity index (χ2n) is 4.64. The van der Waals surface area contributed by atoms with Gasteiger partial charge in [-0.05, 0) is 12.0 Å². The lowest BCUT2D eigenvalue weighted by Crippen LogP contribution is -2.02. The SMILES string of the molecule is COc1cccc(CNc2nc(CC(C)C)ns2)n1. The fraction of sp³-hybridized carbons (Fsp3) is 0.462. The molecule has 0 saturated heterocycles. The second-order valence-corrected chi connectivity index (χ2v) is 5.39.